The lowest BCUT2D eigenvalue weighted by molar-refractivity contribution is -0.148. The minimum absolute atomic E-state index is 0.324. The van der Waals surface area contributed by atoms with Gasteiger partial charge in [0, 0.05) is 13.0 Å². The number of hydrogen-bond donors (Lipinski definition) is 0. The van der Waals surface area contributed by atoms with Crippen molar-refractivity contribution in [1.82, 2.24) is 0 Å². The maximum absolute atomic E-state index is 10.7. The summed E-state index contributed by atoms with van der Waals surface area (Å²) in [6, 6.07) is 0. The van der Waals surface area contributed by atoms with Crippen molar-refractivity contribution in [2.45, 2.75) is 40.2 Å². The van der Waals surface area contributed by atoms with Gasteiger partial charge in [0.15, 0.2) is 5.60 Å². The molecule has 0 N–H and O–H groups in total. The fourth-order valence-corrected chi connectivity index (χ4v) is 0.775. The van der Waals surface area contributed by atoms with Crippen LogP contribution in [0.25, 0.3) is 0 Å². The van der Waals surface area contributed by atoms with Crippen LogP contribution in [0.2, 0.25) is 0 Å². The molecule has 76 valence electrons. The van der Waals surface area contributed by atoms with Crippen LogP contribution in [-0.2, 0) is 9.53 Å². The largest absolute Gasteiger partial charge is 0.447 e. The van der Waals surface area contributed by atoms with Gasteiger partial charge in [0.2, 0.25) is 0 Å². The predicted octanol–water partition coefficient (Wildman–Crippen LogP) is 2.45. The van der Waals surface area contributed by atoms with Gasteiger partial charge in [-0.1, -0.05) is 11.8 Å². The third-order valence-corrected chi connectivity index (χ3v) is 1.21. The quantitative estimate of drug-likeness (QED) is 0.362. The first-order valence-corrected chi connectivity index (χ1v) is 4.44. The van der Waals surface area contributed by atoms with Crippen molar-refractivity contribution < 1.29 is 9.53 Å². The molecule has 0 aromatic rings. The number of ether oxygens (including phenoxy) is 1. The van der Waals surface area contributed by atoms with Crippen LogP contribution in [0.1, 0.15) is 34.6 Å². The smallest absolute Gasteiger partial charge is 0.304 e. The van der Waals surface area contributed by atoms with E-state index in [4.69, 9.17) is 4.74 Å². The van der Waals surface area contributed by atoms with Gasteiger partial charge in [-0.2, -0.15) is 0 Å². The van der Waals surface area contributed by atoms with Crippen molar-refractivity contribution in [3.05, 3.63) is 17.4 Å². The van der Waals surface area contributed by atoms with E-state index in [0.29, 0.717) is 0 Å². The van der Waals surface area contributed by atoms with Crippen LogP contribution >= 0.6 is 0 Å². The molecule has 0 aliphatic heterocycles. The van der Waals surface area contributed by atoms with Crippen LogP contribution in [0.5, 0.6) is 0 Å². The van der Waals surface area contributed by atoms with Crippen LogP contribution in [0.4, 0.5) is 0 Å². The zero-order valence-corrected chi connectivity index (χ0v) is 9.39. The second kappa shape index (κ2) is 5.32. The van der Waals surface area contributed by atoms with Crippen LogP contribution in [-0.4, -0.2) is 11.6 Å². The zero-order valence-electron chi connectivity index (χ0n) is 9.39. The van der Waals surface area contributed by atoms with E-state index in [1.54, 1.807) is 19.9 Å². The monoisotopic (exact) mass is 192 g/mol. The maximum atomic E-state index is 10.7. The molecule has 0 bridgehead atoms. The Morgan fingerprint density at radius 2 is 1.86 bits per heavy atom. The summed E-state index contributed by atoms with van der Waals surface area (Å²) in [5, 5.41) is 0. The van der Waals surface area contributed by atoms with Crippen molar-refractivity contribution in [3.8, 4) is 11.8 Å². The second-order valence-corrected chi connectivity index (χ2v) is 3.66. The molecule has 14 heavy (non-hydrogen) atoms. The highest BCUT2D eigenvalue weighted by atomic mass is 16.6. The third-order valence-electron chi connectivity index (χ3n) is 1.21. The Hall–Kier alpha value is -1.45. The Morgan fingerprint density at radius 1 is 1.29 bits per heavy atom. The van der Waals surface area contributed by atoms with Crippen molar-refractivity contribution in [2.24, 2.45) is 0 Å². The highest BCUT2D eigenvalue weighted by Crippen LogP contribution is 2.06. The molecule has 2 nitrogen and oxygen atoms in total. The molecule has 0 radical (unpaired) electrons. The molecule has 2 heteroatoms. The summed E-state index contributed by atoms with van der Waals surface area (Å²) >= 11 is 0. The molecular weight excluding hydrogens is 176 g/mol. The van der Waals surface area contributed by atoms with E-state index in [0.717, 1.165) is 5.57 Å². The van der Waals surface area contributed by atoms with E-state index in [2.05, 4.69) is 17.6 Å². The summed E-state index contributed by atoms with van der Waals surface area (Å²) in [4.78, 5) is 10.7. The SMILES string of the molecule is CC(=O)OC(C)(C)C#CC=C=C(C)C. The Bertz CT molecular complexity index is 327. The first kappa shape index (κ1) is 12.6. The van der Waals surface area contributed by atoms with Crippen LogP contribution in [0.3, 0.4) is 0 Å². The van der Waals surface area contributed by atoms with Gasteiger partial charge in [-0.05, 0) is 33.3 Å². The zero-order chi connectivity index (χ0) is 11.2. The molecule has 0 aliphatic rings. The Labute approximate surface area is 85.6 Å². The number of hydrogen-bond acceptors (Lipinski definition) is 2. The number of rotatable bonds is 1. The van der Waals surface area contributed by atoms with Gasteiger partial charge >= 0.3 is 5.97 Å². The Balaban J connectivity index is 4.49. The van der Waals surface area contributed by atoms with Gasteiger partial charge in [0.25, 0.3) is 0 Å². The number of carbonyl (C=O) groups excluding carboxylic acids is 1. The molecule has 0 aromatic heterocycles. The minimum atomic E-state index is -0.730. The molecular formula is C12H16O2. The van der Waals surface area contributed by atoms with Gasteiger partial charge in [-0.25, -0.2) is 0 Å². The summed E-state index contributed by atoms with van der Waals surface area (Å²) in [6.45, 7) is 8.75. The molecule has 0 saturated heterocycles. The Kier molecular flexibility index (Phi) is 4.77. The predicted molar refractivity (Wildman–Crippen MR) is 56.6 cm³/mol. The molecule has 0 unspecified atom stereocenters. The summed E-state index contributed by atoms with van der Waals surface area (Å²) in [7, 11) is 0. The summed E-state index contributed by atoms with van der Waals surface area (Å²) in [5.41, 5.74) is 3.28. The van der Waals surface area contributed by atoms with Crippen LogP contribution in [0.15, 0.2) is 17.4 Å². The van der Waals surface area contributed by atoms with Crippen LogP contribution < -0.4 is 0 Å². The lowest BCUT2D eigenvalue weighted by atomic mass is 10.1. The van der Waals surface area contributed by atoms with E-state index in [1.807, 2.05) is 13.8 Å². The first-order valence-electron chi connectivity index (χ1n) is 4.44. The second-order valence-electron chi connectivity index (χ2n) is 3.66. The average Bonchev–Trinajstić information content (AvgIpc) is 1.95. The van der Waals surface area contributed by atoms with Crippen molar-refractivity contribution in [3.63, 3.8) is 0 Å². The number of allylic oxidation sites excluding steroid dienone is 1. The van der Waals surface area contributed by atoms with E-state index >= 15 is 0 Å². The minimum Gasteiger partial charge on any atom is -0.447 e. The number of esters is 1. The van der Waals surface area contributed by atoms with Gasteiger partial charge in [0.05, 0.1) is 0 Å². The molecule has 0 aromatic carbocycles. The Morgan fingerprint density at radius 3 is 2.29 bits per heavy atom. The fourth-order valence-electron chi connectivity index (χ4n) is 0.775. The summed E-state index contributed by atoms with van der Waals surface area (Å²) < 4.78 is 4.98. The number of carbonyl (C=O) groups is 1. The highest BCUT2D eigenvalue weighted by Gasteiger charge is 2.16. The van der Waals surface area contributed by atoms with E-state index in [1.165, 1.54) is 6.92 Å². The first-order chi connectivity index (χ1) is 6.33. The summed E-state index contributed by atoms with van der Waals surface area (Å²) in [6.07, 6.45) is 1.63. The van der Waals surface area contributed by atoms with Crippen molar-refractivity contribution in [2.75, 3.05) is 0 Å². The van der Waals surface area contributed by atoms with Gasteiger partial charge in [-0.15, -0.1) is 5.73 Å². The molecule has 0 atom stereocenters. The van der Waals surface area contributed by atoms with Gasteiger partial charge in [0.1, 0.15) is 0 Å². The summed E-state index contributed by atoms with van der Waals surface area (Å²) in [5.74, 6) is 5.28. The molecule has 0 saturated carbocycles. The van der Waals surface area contributed by atoms with Crippen molar-refractivity contribution >= 4 is 5.97 Å². The van der Waals surface area contributed by atoms with Gasteiger partial charge < -0.3 is 4.74 Å². The molecule has 0 aliphatic carbocycles. The fraction of sp³-hybridized carbons (Fsp3) is 0.500. The molecule has 0 fully saturated rings. The lowest BCUT2D eigenvalue weighted by Gasteiger charge is -2.16. The molecule has 0 heterocycles. The molecule has 0 spiro atoms. The van der Waals surface area contributed by atoms with E-state index < -0.39 is 5.60 Å². The van der Waals surface area contributed by atoms with Crippen molar-refractivity contribution in [1.29, 1.82) is 0 Å². The van der Waals surface area contributed by atoms with E-state index in [-0.39, 0.29) is 5.97 Å². The molecule has 0 amide bonds. The van der Waals surface area contributed by atoms with Gasteiger partial charge in [-0.3, -0.25) is 4.79 Å². The molecule has 0 rings (SSSR count). The third kappa shape index (κ3) is 7.21. The maximum Gasteiger partial charge on any atom is 0.304 e. The average molecular weight is 192 g/mol. The lowest BCUT2D eigenvalue weighted by Crippen LogP contribution is -2.24. The van der Waals surface area contributed by atoms with E-state index in [9.17, 15) is 4.79 Å². The van der Waals surface area contributed by atoms with Crippen LogP contribution in [0, 0.1) is 11.8 Å². The normalized spacial score (nSPS) is 9.21. The topological polar surface area (TPSA) is 26.3 Å². The highest BCUT2D eigenvalue weighted by molar-refractivity contribution is 5.67. The standard InChI is InChI=1S/C12H16O2/c1-10(2)8-6-7-9-12(4,5)14-11(3)13/h6H,1-5H3.